The Morgan fingerprint density at radius 2 is 2.21 bits per heavy atom. The summed E-state index contributed by atoms with van der Waals surface area (Å²) in [6.07, 6.45) is 1.83. The number of nitrogens with zero attached hydrogens (tertiary/aromatic N) is 2. The van der Waals surface area contributed by atoms with E-state index in [9.17, 15) is 9.59 Å². The molecule has 2 heterocycles. The van der Waals surface area contributed by atoms with Crippen molar-refractivity contribution in [3.63, 3.8) is 0 Å². The zero-order valence-electron chi connectivity index (χ0n) is 10.7. The van der Waals surface area contributed by atoms with Gasteiger partial charge in [0.05, 0.1) is 0 Å². The minimum Gasteiger partial charge on any atom is -0.476 e. The second kappa shape index (κ2) is 6.12. The molecule has 0 saturated carbocycles. The molecule has 1 aromatic heterocycles. The number of carbonyl (C=O) groups is 2. The highest BCUT2D eigenvalue weighted by Crippen LogP contribution is 2.20. The number of hydrogen-bond donors (Lipinski definition) is 1. The average Bonchev–Trinajstić information content (AvgIpc) is 2.89. The lowest BCUT2D eigenvalue weighted by Gasteiger charge is -2.31. The molecule has 6 nitrogen and oxygen atoms in total. The van der Waals surface area contributed by atoms with Crippen molar-refractivity contribution in [1.82, 2.24) is 9.88 Å². The number of ether oxygens (including phenoxy) is 1. The first-order valence-electron chi connectivity index (χ1n) is 6.09. The van der Waals surface area contributed by atoms with Crippen molar-refractivity contribution < 1.29 is 19.4 Å². The van der Waals surface area contributed by atoms with E-state index in [2.05, 4.69) is 4.98 Å². The Morgan fingerprint density at radius 3 is 2.74 bits per heavy atom. The van der Waals surface area contributed by atoms with Crippen LogP contribution in [0.15, 0.2) is 5.38 Å². The fourth-order valence-electron chi connectivity index (χ4n) is 2.14. The van der Waals surface area contributed by atoms with Crippen LogP contribution in [0.4, 0.5) is 0 Å². The van der Waals surface area contributed by atoms with Crippen molar-refractivity contribution in [2.75, 3.05) is 26.8 Å². The number of rotatable bonds is 4. The van der Waals surface area contributed by atoms with Gasteiger partial charge in [-0.25, -0.2) is 9.78 Å². The van der Waals surface area contributed by atoms with Crippen LogP contribution >= 0.6 is 11.3 Å². The summed E-state index contributed by atoms with van der Waals surface area (Å²) in [4.78, 5) is 28.5. The van der Waals surface area contributed by atoms with Gasteiger partial charge in [-0.1, -0.05) is 0 Å². The number of aromatic carboxylic acids is 1. The predicted octanol–water partition coefficient (Wildman–Crippen LogP) is 1.34. The fraction of sp³-hybridized carbons (Fsp3) is 0.583. The van der Waals surface area contributed by atoms with Crippen molar-refractivity contribution in [3.05, 3.63) is 16.1 Å². The number of thiazole rings is 1. The van der Waals surface area contributed by atoms with Gasteiger partial charge < -0.3 is 14.7 Å². The normalized spacial score (nSPS) is 16.6. The third-order valence-electron chi connectivity index (χ3n) is 3.21. The van der Waals surface area contributed by atoms with Gasteiger partial charge in [0.1, 0.15) is 0 Å². The Morgan fingerprint density at radius 1 is 1.53 bits per heavy atom. The summed E-state index contributed by atoms with van der Waals surface area (Å²) in [5, 5.41) is 10.4. The number of hydrogen-bond acceptors (Lipinski definition) is 5. The van der Waals surface area contributed by atoms with Crippen LogP contribution in [0, 0.1) is 5.92 Å². The summed E-state index contributed by atoms with van der Waals surface area (Å²) in [7, 11) is 1.68. The van der Waals surface area contributed by atoms with E-state index in [0.717, 1.165) is 30.8 Å². The molecule has 2 rings (SSSR count). The number of carbonyl (C=O) groups excluding carboxylic acids is 1. The van der Waals surface area contributed by atoms with Crippen LogP contribution in [-0.4, -0.2) is 53.7 Å². The van der Waals surface area contributed by atoms with E-state index in [-0.39, 0.29) is 16.6 Å². The maximum Gasteiger partial charge on any atom is 0.355 e. The van der Waals surface area contributed by atoms with Crippen LogP contribution in [0.3, 0.4) is 0 Å². The molecular formula is C12H16N2O4S. The summed E-state index contributed by atoms with van der Waals surface area (Å²) in [6.45, 7) is 2.08. The van der Waals surface area contributed by atoms with Crippen molar-refractivity contribution in [2.45, 2.75) is 12.8 Å². The molecule has 104 valence electrons. The second-order valence-electron chi connectivity index (χ2n) is 4.53. The lowest BCUT2D eigenvalue weighted by Crippen LogP contribution is -2.39. The van der Waals surface area contributed by atoms with Crippen molar-refractivity contribution >= 4 is 23.2 Å². The molecule has 0 unspecified atom stereocenters. The van der Waals surface area contributed by atoms with Gasteiger partial charge in [0, 0.05) is 32.2 Å². The summed E-state index contributed by atoms with van der Waals surface area (Å²) in [6, 6.07) is 0. The van der Waals surface area contributed by atoms with Crippen molar-refractivity contribution in [3.8, 4) is 0 Å². The van der Waals surface area contributed by atoms with E-state index in [1.165, 1.54) is 5.38 Å². The van der Waals surface area contributed by atoms with Crippen molar-refractivity contribution in [2.24, 2.45) is 5.92 Å². The summed E-state index contributed by atoms with van der Waals surface area (Å²) < 4.78 is 5.11. The highest BCUT2D eigenvalue weighted by Gasteiger charge is 2.25. The third-order valence-corrected chi connectivity index (χ3v) is 4.04. The third kappa shape index (κ3) is 3.30. The molecule has 7 heteroatoms. The van der Waals surface area contributed by atoms with E-state index in [0.29, 0.717) is 19.0 Å². The van der Waals surface area contributed by atoms with E-state index in [1.54, 1.807) is 12.0 Å². The van der Waals surface area contributed by atoms with Crippen molar-refractivity contribution in [1.29, 1.82) is 0 Å². The topological polar surface area (TPSA) is 79.7 Å². The number of aromatic nitrogens is 1. The quantitative estimate of drug-likeness (QED) is 0.902. The Bertz CT molecular complexity index is 466. The lowest BCUT2D eigenvalue weighted by molar-refractivity contribution is 0.0613. The minimum atomic E-state index is -1.10. The maximum atomic E-state index is 12.1. The highest BCUT2D eigenvalue weighted by atomic mass is 32.1. The van der Waals surface area contributed by atoms with Crippen LogP contribution in [0.5, 0.6) is 0 Å². The van der Waals surface area contributed by atoms with Crippen LogP contribution in [0.25, 0.3) is 0 Å². The molecule has 19 heavy (non-hydrogen) atoms. The molecule has 1 fully saturated rings. The number of methoxy groups -OCH3 is 1. The molecule has 1 aliphatic rings. The fourth-order valence-corrected chi connectivity index (χ4v) is 2.90. The van der Waals surface area contributed by atoms with Crippen LogP contribution < -0.4 is 0 Å². The molecule has 1 aliphatic heterocycles. The van der Waals surface area contributed by atoms with Gasteiger partial charge in [-0.3, -0.25) is 4.79 Å². The maximum absolute atomic E-state index is 12.1. The van der Waals surface area contributed by atoms with E-state index in [1.807, 2.05) is 0 Å². The molecule has 0 radical (unpaired) electrons. The lowest BCUT2D eigenvalue weighted by atomic mass is 9.98. The number of piperidine rings is 1. The van der Waals surface area contributed by atoms with Gasteiger partial charge in [0.2, 0.25) is 0 Å². The van der Waals surface area contributed by atoms with E-state index in [4.69, 9.17) is 9.84 Å². The first-order valence-corrected chi connectivity index (χ1v) is 6.96. The number of likely N-dealkylation sites (tertiary alicyclic amines) is 1. The average molecular weight is 284 g/mol. The Labute approximate surface area is 115 Å². The van der Waals surface area contributed by atoms with Gasteiger partial charge in [-0.05, 0) is 18.8 Å². The Hall–Kier alpha value is -1.47. The molecule has 0 bridgehead atoms. The Balaban J connectivity index is 1.95. The first-order chi connectivity index (χ1) is 9.11. The number of amides is 1. The summed E-state index contributed by atoms with van der Waals surface area (Å²) in [5.74, 6) is -0.776. The molecule has 0 aromatic carbocycles. The monoisotopic (exact) mass is 284 g/mol. The largest absolute Gasteiger partial charge is 0.476 e. The Kier molecular flexibility index (Phi) is 4.49. The number of carboxylic acid groups (broad SMARTS) is 1. The van der Waals surface area contributed by atoms with Gasteiger partial charge in [-0.15, -0.1) is 11.3 Å². The second-order valence-corrected chi connectivity index (χ2v) is 5.39. The van der Waals surface area contributed by atoms with Gasteiger partial charge in [0.15, 0.2) is 10.7 Å². The van der Waals surface area contributed by atoms with Crippen LogP contribution in [-0.2, 0) is 4.74 Å². The molecule has 1 amide bonds. The molecule has 1 N–H and O–H groups in total. The van der Waals surface area contributed by atoms with Crippen LogP contribution in [0.1, 0.15) is 33.1 Å². The van der Waals surface area contributed by atoms with E-state index < -0.39 is 5.97 Å². The van der Waals surface area contributed by atoms with Crippen LogP contribution in [0.2, 0.25) is 0 Å². The zero-order valence-corrected chi connectivity index (χ0v) is 11.5. The highest BCUT2D eigenvalue weighted by molar-refractivity contribution is 7.11. The first kappa shape index (κ1) is 14.0. The molecule has 0 spiro atoms. The summed E-state index contributed by atoms with van der Waals surface area (Å²) in [5.41, 5.74) is -0.0670. The number of carboxylic acids is 1. The van der Waals surface area contributed by atoms with E-state index >= 15 is 0 Å². The van der Waals surface area contributed by atoms with Gasteiger partial charge in [0.25, 0.3) is 5.91 Å². The zero-order chi connectivity index (χ0) is 13.8. The molecule has 0 atom stereocenters. The SMILES string of the molecule is COCC1CCN(C(=O)c2nc(C(=O)O)cs2)CC1. The van der Waals surface area contributed by atoms with Gasteiger partial charge >= 0.3 is 5.97 Å². The predicted molar refractivity (Wildman–Crippen MR) is 69.6 cm³/mol. The molecular weight excluding hydrogens is 268 g/mol. The standard InChI is InChI=1S/C12H16N2O4S/c1-18-6-8-2-4-14(5-3-8)11(15)10-13-9(7-19-10)12(16)17/h7-8H,2-6H2,1H3,(H,16,17). The van der Waals surface area contributed by atoms with Gasteiger partial charge in [-0.2, -0.15) is 0 Å². The smallest absolute Gasteiger partial charge is 0.355 e. The minimum absolute atomic E-state index is 0.0670. The summed E-state index contributed by atoms with van der Waals surface area (Å²) >= 11 is 1.08. The molecule has 0 aliphatic carbocycles. The molecule has 1 saturated heterocycles. The molecule has 1 aromatic rings.